The molecule has 0 radical (unpaired) electrons. The lowest BCUT2D eigenvalue weighted by Gasteiger charge is -2.05. The number of nitrogens with one attached hydrogen (secondary N) is 1. The molecule has 1 aromatic carbocycles. The molecular formula is C14H23N3O2S. The highest BCUT2D eigenvalue weighted by atomic mass is 32.2. The zero-order valence-electron chi connectivity index (χ0n) is 11.9. The molecule has 5 nitrogen and oxygen atoms in total. The average Bonchev–Trinajstić information content (AvgIpc) is 2.45. The SMILES string of the molecule is CCCCNC(N)=NCCCS(=O)(=O)c1ccccc1. The zero-order chi connectivity index (χ0) is 14.8. The van der Waals surface area contributed by atoms with Crippen LogP contribution in [0.1, 0.15) is 26.2 Å². The Morgan fingerprint density at radius 3 is 2.60 bits per heavy atom. The number of rotatable bonds is 8. The molecule has 0 fully saturated rings. The number of benzene rings is 1. The topological polar surface area (TPSA) is 84.5 Å². The third-order valence-corrected chi connectivity index (χ3v) is 4.61. The van der Waals surface area contributed by atoms with E-state index in [2.05, 4.69) is 17.2 Å². The fourth-order valence-corrected chi connectivity index (χ4v) is 2.97. The van der Waals surface area contributed by atoms with Crippen LogP contribution in [0.5, 0.6) is 0 Å². The molecule has 0 spiro atoms. The number of sulfone groups is 1. The lowest BCUT2D eigenvalue weighted by Crippen LogP contribution is -2.32. The van der Waals surface area contributed by atoms with Crippen molar-refractivity contribution in [3.05, 3.63) is 30.3 Å². The van der Waals surface area contributed by atoms with Crippen LogP contribution in [-0.4, -0.2) is 33.2 Å². The largest absolute Gasteiger partial charge is 0.370 e. The Hall–Kier alpha value is -1.56. The second-order valence-electron chi connectivity index (χ2n) is 4.53. The molecule has 112 valence electrons. The number of aliphatic imine (C=N–C) groups is 1. The van der Waals surface area contributed by atoms with Gasteiger partial charge in [0, 0.05) is 13.1 Å². The number of unbranched alkanes of at least 4 members (excludes halogenated alkanes) is 1. The van der Waals surface area contributed by atoms with E-state index < -0.39 is 9.84 Å². The quantitative estimate of drug-likeness (QED) is 0.433. The van der Waals surface area contributed by atoms with E-state index in [0.29, 0.717) is 23.8 Å². The second-order valence-corrected chi connectivity index (χ2v) is 6.64. The van der Waals surface area contributed by atoms with Gasteiger partial charge in [0.1, 0.15) is 0 Å². The first-order chi connectivity index (χ1) is 9.56. The molecular weight excluding hydrogens is 274 g/mol. The van der Waals surface area contributed by atoms with Gasteiger partial charge in [-0.3, -0.25) is 4.99 Å². The van der Waals surface area contributed by atoms with Gasteiger partial charge in [-0.25, -0.2) is 8.42 Å². The number of nitrogens with two attached hydrogens (primary N) is 1. The molecule has 0 unspecified atom stereocenters. The second kappa shape index (κ2) is 8.58. The van der Waals surface area contributed by atoms with Crippen molar-refractivity contribution in [3.8, 4) is 0 Å². The minimum Gasteiger partial charge on any atom is -0.370 e. The van der Waals surface area contributed by atoms with Crippen molar-refractivity contribution in [2.45, 2.75) is 31.1 Å². The van der Waals surface area contributed by atoms with Crippen LogP contribution >= 0.6 is 0 Å². The summed E-state index contributed by atoms with van der Waals surface area (Å²) in [6.45, 7) is 3.31. The predicted molar refractivity (Wildman–Crippen MR) is 82.5 cm³/mol. The Morgan fingerprint density at radius 2 is 1.95 bits per heavy atom. The summed E-state index contributed by atoms with van der Waals surface area (Å²) in [7, 11) is -3.21. The van der Waals surface area contributed by atoms with Gasteiger partial charge in [-0.15, -0.1) is 0 Å². The molecule has 0 aliphatic heterocycles. The van der Waals surface area contributed by atoms with Gasteiger partial charge in [-0.1, -0.05) is 31.5 Å². The van der Waals surface area contributed by atoms with Crippen molar-refractivity contribution in [2.24, 2.45) is 10.7 Å². The van der Waals surface area contributed by atoms with Crippen LogP contribution in [-0.2, 0) is 9.84 Å². The summed E-state index contributed by atoms with van der Waals surface area (Å²) >= 11 is 0. The first kappa shape index (κ1) is 16.5. The number of hydrogen-bond donors (Lipinski definition) is 2. The molecule has 0 aliphatic carbocycles. The van der Waals surface area contributed by atoms with E-state index in [1.165, 1.54) is 0 Å². The fourth-order valence-electron chi connectivity index (χ4n) is 1.65. The first-order valence-corrected chi connectivity index (χ1v) is 8.53. The smallest absolute Gasteiger partial charge is 0.188 e. The maximum atomic E-state index is 12.0. The van der Waals surface area contributed by atoms with Crippen molar-refractivity contribution in [2.75, 3.05) is 18.8 Å². The van der Waals surface area contributed by atoms with Gasteiger partial charge >= 0.3 is 0 Å². The molecule has 0 saturated carbocycles. The van der Waals surface area contributed by atoms with Gasteiger partial charge in [0.05, 0.1) is 10.6 Å². The van der Waals surface area contributed by atoms with Crippen LogP contribution in [0.15, 0.2) is 40.2 Å². The molecule has 0 bridgehead atoms. The Balaban J connectivity index is 2.35. The van der Waals surface area contributed by atoms with E-state index in [1.807, 2.05) is 0 Å². The first-order valence-electron chi connectivity index (χ1n) is 6.88. The average molecular weight is 297 g/mol. The van der Waals surface area contributed by atoms with Crippen molar-refractivity contribution in [1.29, 1.82) is 0 Å². The van der Waals surface area contributed by atoms with Crippen LogP contribution < -0.4 is 11.1 Å². The van der Waals surface area contributed by atoms with Gasteiger partial charge in [0.15, 0.2) is 15.8 Å². The molecule has 0 aromatic heterocycles. The lowest BCUT2D eigenvalue weighted by molar-refractivity contribution is 0.593. The summed E-state index contributed by atoms with van der Waals surface area (Å²) in [5.74, 6) is 0.471. The van der Waals surface area contributed by atoms with E-state index in [0.717, 1.165) is 19.4 Å². The highest BCUT2D eigenvalue weighted by Crippen LogP contribution is 2.10. The molecule has 20 heavy (non-hydrogen) atoms. The van der Waals surface area contributed by atoms with E-state index in [-0.39, 0.29) is 5.75 Å². The van der Waals surface area contributed by atoms with Crippen molar-refractivity contribution < 1.29 is 8.42 Å². The molecule has 0 atom stereocenters. The fraction of sp³-hybridized carbons (Fsp3) is 0.500. The van der Waals surface area contributed by atoms with Crippen LogP contribution in [0, 0.1) is 0 Å². The summed E-state index contributed by atoms with van der Waals surface area (Å²) in [6, 6.07) is 8.46. The normalized spacial score (nSPS) is 12.3. The van der Waals surface area contributed by atoms with Gasteiger partial charge in [0.2, 0.25) is 0 Å². The van der Waals surface area contributed by atoms with Crippen molar-refractivity contribution in [3.63, 3.8) is 0 Å². The lowest BCUT2D eigenvalue weighted by atomic mass is 10.3. The highest BCUT2D eigenvalue weighted by molar-refractivity contribution is 7.91. The Bertz CT molecular complexity index is 512. The number of nitrogens with zero attached hydrogens (tertiary/aromatic N) is 1. The van der Waals surface area contributed by atoms with Crippen LogP contribution in [0.2, 0.25) is 0 Å². The van der Waals surface area contributed by atoms with Gasteiger partial charge in [-0.2, -0.15) is 0 Å². The summed E-state index contributed by atoms with van der Waals surface area (Å²) in [5, 5.41) is 2.99. The van der Waals surface area contributed by atoms with E-state index in [4.69, 9.17) is 5.73 Å². The van der Waals surface area contributed by atoms with Crippen LogP contribution in [0.25, 0.3) is 0 Å². The van der Waals surface area contributed by atoms with Gasteiger partial charge in [0.25, 0.3) is 0 Å². The van der Waals surface area contributed by atoms with E-state index >= 15 is 0 Å². The van der Waals surface area contributed by atoms with Gasteiger partial charge < -0.3 is 11.1 Å². The zero-order valence-corrected chi connectivity index (χ0v) is 12.7. The monoisotopic (exact) mass is 297 g/mol. The Morgan fingerprint density at radius 1 is 1.25 bits per heavy atom. The Labute approximate surface area is 121 Å². The minimum absolute atomic E-state index is 0.0861. The molecule has 0 heterocycles. The van der Waals surface area contributed by atoms with Crippen LogP contribution in [0.3, 0.4) is 0 Å². The number of hydrogen-bond acceptors (Lipinski definition) is 3. The molecule has 0 saturated heterocycles. The summed E-state index contributed by atoms with van der Waals surface area (Å²) < 4.78 is 24.0. The molecule has 0 amide bonds. The molecule has 3 N–H and O–H groups in total. The van der Waals surface area contributed by atoms with Gasteiger partial charge in [-0.05, 0) is 25.0 Å². The van der Waals surface area contributed by atoms with Crippen molar-refractivity contribution >= 4 is 15.8 Å². The predicted octanol–water partition coefficient (Wildman–Crippen LogP) is 1.55. The highest BCUT2D eigenvalue weighted by Gasteiger charge is 2.12. The summed E-state index contributed by atoms with van der Waals surface area (Å²) in [4.78, 5) is 4.47. The van der Waals surface area contributed by atoms with Crippen molar-refractivity contribution in [1.82, 2.24) is 5.32 Å². The number of guanidine groups is 1. The van der Waals surface area contributed by atoms with Crippen LogP contribution in [0.4, 0.5) is 0 Å². The molecule has 1 aromatic rings. The summed E-state index contributed by atoms with van der Waals surface area (Å²) in [5.41, 5.74) is 5.66. The third-order valence-electron chi connectivity index (χ3n) is 2.79. The summed E-state index contributed by atoms with van der Waals surface area (Å²) in [6.07, 6.45) is 2.60. The molecule has 6 heteroatoms. The molecule has 1 rings (SSSR count). The standard InChI is InChI=1S/C14H23N3O2S/c1-2-3-10-16-14(15)17-11-7-12-20(18,19)13-8-5-4-6-9-13/h4-6,8-9H,2-3,7,10-12H2,1H3,(H3,15,16,17). The third kappa shape index (κ3) is 6.06. The maximum Gasteiger partial charge on any atom is 0.188 e. The Kier molecular flexibility index (Phi) is 7.08. The molecule has 0 aliphatic rings. The maximum absolute atomic E-state index is 12.0. The minimum atomic E-state index is -3.21. The van der Waals surface area contributed by atoms with E-state index in [1.54, 1.807) is 30.3 Å². The van der Waals surface area contributed by atoms with E-state index in [9.17, 15) is 8.42 Å².